The topological polar surface area (TPSA) is 57.7 Å². The molecule has 1 aromatic carbocycles. The molecular weight excluding hydrogens is 312 g/mol. The van der Waals surface area contributed by atoms with E-state index in [9.17, 15) is 13.2 Å². The van der Waals surface area contributed by atoms with Crippen LogP contribution in [0.3, 0.4) is 0 Å². The van der Waals surface area contributed by atoms with Crippen molar-refractivity contribution in [2.75, 3.05) is 31.9 Å². The first kappa shape index (κ1) is 17.9. The van der Waals surface area contributed by atoms with Gasteiger partial charge in [0.05, 0.1) is 5.75 Å². The van der Waals surface area contributed by atoms with E-state index in [4.69, 9.17) is 0 Å². The third kappa shape index (κ3) is 5.04. The molecule has 128 valence electrons. The number of aryl methyl sites for hydroxylation is 1. The standard InChI is InChI=1S/C17H26N2O3S/c1-15(2)17(20)18-10-6-11-19(13-12-18)23(21,22)14-9-16-7-4-3-5-8-16/h3-5,7-8,15H,6,9-14H2,1-2H3. The molecule has 0 saturated carbocycles. The summed E-state index contributed by atoms with van der Waals surface area (Å²) in [6, 6.07) is 9.65. The normalized spacial score (nSPS) is 17.3. The molecule has 2 rings (SSSR count). The van der Waals surface area contributed by atoms with Crippen molar-refractivity contribution in [3.05, 3.63) is 35.9 Å². The molecule has 1 aliphatic rings. The Morgan fingerprint density at radius 1 is 1.09 bits per heavy atom. The van der Waals surface area contributed by atoms with Gasteiger partial charge in [-0.3, -0.25) is 4.79 Å². The highest BCUT2D eigenvalue weighted by Crippen LogP contribution is 2.13. The summed E-state index contributed by atoms with van der Waals surface area (Å²) in [5.74, 6) is 0.180. The number of hydrogen-bond acceptors (Lipinski definition) is 3. The van der Waals surface area contributed by atoms with Crippen molar-refractivity contribution < 1.29 is 13.2 Å². The molecule has 5 nitrogen and oxygen atoms in total. The van der Waals surface area contributed by atoms with Crippen LogP contribution >= 0.6 is 0 Å². The lowest BCUT2D eigenvalue weighted by molar-refractivity contribution is -0.134. The lowest BCUT2D eigenvalue weighted by Crippen LogP contribution is -2.39. The van der Waals surface area contributed by atoms with Crippen molar-refractivity contribution in [1.29, 1.82) is 0 Å². The van der Waals surface area contributed by atoms with Crippen molar-refractivity contribution in [3.63, 3.8) is 0 Å². The molecule has 0 spiro atoms. The summed E-state index contributed by atoms with van der Waals surface area (Å²) >= 11 is 0. The van der Waals surface area contributed by atoms with E-state index in [0.717, 1.165) is 5.56 Å². The van der Waals surface area contributed by atoms with Gasteiger partial charge in [-0.15, -0.1) is 0 Å². The molecule has 6 heteroatoms. The van der Waals surface area contributed by atoms with Crippen molar-refractivity contribution in [1.82, 2.24) is 9.21 Å². The maximum absolute atomic E-state index is 12.5. The van der Waals surface area contributed by atoms with E-state index >= 15 is 0 Å². The Morgan fingerprint density at radius 2 is 1.78 bits per heavy atom. The van der Waals surface area contributed by atoms with Crippen molar-refractivity contribution >= 4 is 15.9 Å². The van der Waals surface area contributed by atoms with Gasteiger partial charge >= 0.3 is 0 Å². The maximum Gasteiger partial charge on any atom is 0.225 e. The van der Waals surface area contributed by atoms with Gasteiger partial charge in [-0.2, -0.15) is 0 Å². The molecule has 0 N–H and O–H groups in total. The van der Waals surface area contributed by atoms with E-state index in [1.54, 1.807) is 9.21 Å². The van der Waals surface area contributed by atoms with Crippen LogP contribution in [0.25, 0.3) is 0 Å². The molecule has 1 fully saturated rings. The minimum atomic E-state index is -3.28. The lowest BCUT2D eigenvalue weighted by Gasteiger charge is -2.23. The van der Waals surface area contributed by atoms with E-state index in [1.165, 1.54) is 0 Å². The van der Waals surface area contributed by atoms with Gasteiger partial charge in [0.2, 0.25) is 15.9 Å². The fourth-order valence-corrected chi connectivity index (χ4v) is 4.30. The monoisotopic (exact) mass is 338 g/mol. The lowest BCUT2D eigenvalue weighted by atomic mass is 10.2. The van der Waals surface area contributed by atoms with E-state index in [1.807, 2.05) is 44.2 Å². The number of sulfonamides is 1. The Morgan fingerprint density at radius 3 is 2.43 bits per heavy atom. The number of hydrogen-bond donors (Lipinski definition) is 0. The van der Waals surface area contributed by atoms with Crippen LogP contribution in [0.4, 0.5) is 0 Å². The van der Waals surface area contributed by atoms with Crippen molar-refractivity contribution in [3.8, 4) is 0 Å². The van der Waals surface area contributed by atoms with E-state index in [2.05, 4.69) is 0 Å². The zero-order valence-corrected chi connectivity index (χ0v) is 14.8. The summed E-state index contributed by atoms with van der Waals surface area (Å²) in [6.45, 7) is 5.78. The molecule has 0 radical (unpaired) electrons. The van der Waals surface area contributed by atoms with E-state index in [-0.39, 0.29) is 17.6 Å². The SMILES string of the molecule is CC(C)C(=O)N1CCCN(S(=O)(=O)CCc2ccccc2)CC1. The Kier molecular flexibility index (Phi) is 6.18. The van der Waals surface area contributed by atoms with Crippen LogP contribution in [0.2, 0.25) is 0 Å². The highest BCUT2D eigenvalue weighted by atomic mass is 32.2. The number of amides is 1. The third-order valence-electron chi connectivity index (χ3n) is 4.15. The molecule has 1 aromatic rings. The zero-order valence-electron chi connectivity index (χ0n) is 13.9. The first-order chi connectivity index (χ1) is 10.9. The molecule has 0 atom stereocenters. The highest BCUT2D eigenvalue weighted by molar-refractivity contribution is 7.89. The van der Waals surface area contributed by atoms with Crippen LogP contribution in [0, 0.1) is 5.92 Å². The maximum atomic E-state index is 12.5. The second-order valence-corrected chi connectivity index (χ2v) is 8.37. The first-order valence-electron chi connectivity index (χ1n) is 8.20. The van der Waals surface area contributed by atoms with Gasteiger partial charge in [0.15, 0.2) is 0 Å². The van der Waals surface area contributed by atoms with Gasteiger partial charge in [-0.05, 0) is 18.4 Å². The Labute approximate surface area is 139 Å². The van der Waals surface area contributed by atoms with Gasteiger partial charge in [0, 0.05) is 32.1 Å². The number of rotatable bonds is 5. The van der Waals surface area contributed by atoms with Crippen LogP contribution in [-0.2, 0) is 21.2 Å². The summed E-state index contributed by atoms with van der Waals surface area (Å²) in [5, 5.41) is 0. The fraction of sp³-hybridized carbons (Fsp3) is 0.588. The van der Waals surface area contributed by atoms with Crippen molar-refractivity contribution in [2.45, 2.75) is 26.7 Å². The first-order valence-corrected chi connectivity index (χ1v) is 9.81. The van der Waals surface area contributed by atoms with Crippen molar-refractivity contribution in [2.24, 2.45) is 5.92 Å². The Balaban J connectivity index is 1.94. The number of carbonyl (C=O) groups excluding carboxylic acids is 1. The average Bonchev–Trinajstić information content (AvgIpc) is 2.80. The second-order valence-electron chi connectivity index (χ2n) is 6.28. The Bertz CT molecular complexity index is 614. The molecule has 0 unspecified atom stereocenters. The summed E-state index contributed by atoms with van der Waals surface area (Å²) in [7, 11) is -3.28. The smallest absolute Gasteiger partial charge is 0.225 e. The second kappa shape index (κ2) is 7.93. The third-order valence-corrected chi connectivity index (χ3v) is 6.02. The van der Waals surface area contributed by atoms with Gasteiger partial charge in [0.1, 0.15) is 0 Å². The van der Waals surface area contributed by atoms with Crippen LogP contribution in [-0.4, -0.2) is 55.5 Å². The molecule has 0 aromatic heterocycles. The van der Waals surface area contributed by atoms with E-state index < -0.39 is 10.0 Å². The molecule has 1 aliphatic heterocycles. The molecule has 0 aliphatic carbocycles. The minimum Gasteiger partial charge on any atom is -0.341 e. The summed E-state index contributed by atoms with van der Waals surface area (Å²) in [6.07, 6.45) is 1.22. The molecule has 1 saturated heterocycles. The Hall–Kier alpha value is -1.40. The molecular formula is C17H26N2O3S. The molecule has 1 heterocycles. The summed E-state index contributed by atoms with van der Waals surface area (Å²) in [5.41, 5.74) is 1.03. The largest absolute Gasteiger partial charge is 0.341 e. The van der Waals surface area contributed by atoms with E-state index in [0.29, 0.717) is 39.0 Å². The number of benzene rings is 1. The van der Waals surface area contributed by atoms with Gasteiger partial charge < -0.3 is 4.90 Å². The van der Waals surface area contributed by atoms with Crippen LogP contribution in [0.1, 0.15) is 25.8 Å². The fourth-order valence-electron chi connectivity index (χ4n) is 2.78. The van der Waals surface area contributed by atoms with Crippen LogP contribution in [0.15, 0.2) is 30.3 Å². The quantitative estimate of drug-likeness (QED) is 0.822. The van der Waals surface area contributed by atoms with Gasteiger partial charge in [0.25, 0.3) is 0 Å². The number of nitrogens with zero attached hydrogens (tertiary/aromatic N) is 2. The van der Waals surface area contributed by atoms with Gasteiger partial charge in [-0.1, -0.05) is 44.2 Å². The highest BCUT2D eigenvalue weighted by Gasteiger charge is 2.27. The molecule has 1 amide bonds. The predicted octanol–water partition coefficient (Wildman–Crippen LogP) is 1.75. The summed E-state index contributed by atoms with van der Waals surface area (Å²) in [4.78, 5) is 13.9. The minimum absolute atomic E-state index is 0.0452. The average molecular weight is 338 g/mol. The predicted molar refractivity (Wildman–Crippen MR) is 91.5 cm³/mol. The molecule has 23 heavy (non-hydrogen) atoms. The zero-order chi connectivity index (χ0) is 16.9. The molecule has 0 bridgehead atoms. The van der Waals surface area contributed by atoms with Crippen LogP contribution < -0.4 is 0 Å². The van der Waals surface area contributed by atoms with Crippen LogP contribution in [0.5, 0.6) is 0 Å². The summed E-state index contributed by atoms with van der Waals surface area (Å²) < 4.78 is 26.6. The number of carbonyl (C=O) groups is 1. The van der Waals surface area contributed by atoms with Gasteiger partial charge in [-0.25, -0.2) is 12.7 Å².